The van der Waals surface area contributed by atoms with E-state index in [4.69, 9.17) is 0 Å². The summed E-state index contributed by atoms with van der Waals surface area (Å²) in [5.74, 6) is 0.00538. The van der Waals surface area contributed by atoms with Gasteiger partial charge in [0, 0.05) is 29.3 Å². The molecule has 2 aromatic carbocycles. The molecule has 0 spiro atoms. The van der Waals surface area contributed by atoms with Crippen molar-refractivity contribution in [3.8, 4) is 0 Å². The Balaban J connectivity index is 1.66. The number of anilines is 3. The Morgan fingerprint density at radius 2 is 1.52 bits per heavy atom. The summed E-state index contributed by atoms with van der Waals surface area (Å²) >= 11 is 0. The minimum atomic E-state index is -0.341. The molecular weight excluding hydrogens is 364 g/mol. The van der Waals surface area contributed by atoms with E-state index >= 15 is 0 Å². The van der Waals surface area contributed by atoms with Crippen molar-refractivity contribution in [3.05, 3.63) is 77.6 Å². The van der Waals surface area contributed by atoms with Gasteiger partial charge in [0.2, 0.25) is 5.95 Å². The van der Waals surface area contributed by atoms with Gasteiger partial charge in [0.05, 0.1) is 5.56 Å². The molecule has 1 amide bonds. The van der Waals surface area contributed by atoms with E-state index in [1.54, 1.807) is 24.3 Å². The van der Waals surface area contributed by atoms with Crippen molar-refractivity contribution in [3.63, 3.8) is 0 Å². The lowest BCUT2D eigenvalue weighted by atomic mass is 9.87. The molecule has 6 heteroatoms. The van der Waals surface area contributed by atoms with Crippen LogP contribution < -0.4 is 10.6 Å². The lowest BCUT2D eigenvalue weighted by Gasteiger charge is -2.19. The highest BCUT2D eigenvalue weighted by Gasteiger charge is 2.13. The van der Waals surface area contributed by atoms with Crippen LogP contribution in [0.5, 0.6) is 0 Å². The highest BCUT2D eigenvalue weighted by Crippen LogP contribution is 2.24. The van der Waals surface area contributed by atoms with E-state index in [2.05, 4.69) is 53.5 Å². The summed E-state index contributed by atoms with van der Waals surface area (Å²) in [5.41, 5.74) is 3.61. The number of nitrogens with one attached hydrogen (secondary N) is 2. The fourth-order valence-electron chi connectivity index (χ4n) is 2.71. The number of carbonyl (C=O) groups excluding carboxylic acids is 2. The van der Waals surface area contributed by atoms with Crippen LogP contribution in [0.4, 0.5) is 17.3 Å². The molecular formula is C23H24N4O2. The highest BCUT2D eigenvalue weighted by molar-refractivity contribution is 6.04. The van der Waals surface area contributed by atoms with E-state index in [1.165, 1.54) is 24.9 Å². The van der Waals surface area contributed by atoms with E-state index in [-0.39, 0.29) is 17.1 Å². The van der Waals surface area contributed by atoms with Crippen molar-refractivity contribution in [2.24, 2.45) is 0 Å². The van der Waals surface area contributed by atoms with Crippen LogP contribution in [0.1, 0.15) is 54.0 Å². The molecule has 148 valence electrons. The maximum Gasteiger partial charge on any atom is 0.258 e. The molecule has 0 atom stereocenters. The number of hydrogen-bond acceptors (Lipinski definition) is 5. The van der Waals surface area contributed by atoms with Gasteiger partial charge in [-0.1, -0.05) is 45.0 Å². The quantitative estimate of drug-likeness (QED) is 0.603. The average molecular weight is 388 g/mol. The first kappa shape index (κ1) is 20.2. The molecule has 0 saturated heterocycles. The molecule has 0 radical (unpaired) electrons. The average Bonchev–Trinajstić information content (AvgIpc) is 2.68. The van der Waals surface area contributed by atoms with Crippen LogP contribution in [0.2, 0.25) is 0 Å². The smallest absolute Gasteiger partial charge is 0.258 e. The normalized spacial score (nSPS) is 11.0. The van der Waals surface area contributed by atoms with Crippen LogP contribution in [0, 0.1) is 0 Å². The fraction of sp³-hybridized carbons (Fsp3) is 0.217. The number of amides is 1. The summed E-state index contributed by atoms with van der Waals surface area (Å²) in [7, 11) is 0. The van der Waals surface area contributed by atoms with Crippen molar-refractivity contribution < 1.29 is 9.59 Å². The highest BCUT2D eigenvalue weighted by atomic mass is 16.1. The molecule has 0 aliphatic rings. The van der Waals surface area contributed by atoms with Crippen LogP contribution >= 0.6 is 0 Å². The summed E-state index contributed by atoms with van der Waals surface area (Å²) in [6.07, 6.45) is 2.92. The van der Waals surface area contributed by atoms with Gasteiger partial charge in [-0.2, -0.15) is 0 Å². The molecule has 0 aliphatic heterocycles. The molecule has 0 aliphatic carbocycles. The molecule has 0 unspecified atom stereocenters. The van der Waals surface area contributed by atoms with Crippen LogP contribution in [-0.2, 0) is 5.41 Å². The van der Waals surface area contributed by atoms with Crippen LogP contribution in [0.25, 0.3) is 0 Å². The Hall–Kier alpha value is -3.54. The maximum atomic E-state index is 12.4. The maximum absolute atomic E-state index is 12.4. The number of nitrogens with zero attached hydrogens (tertiary/aromatic N) is 2. The molecule has 0 fully saturated rings. The summed E-state index contributed by atoms with van der Waals surface area (Å²) in [6.45, 7) is 7.98. The Bertz CT molecular complexity index is 1020. The first-order valence-corrected chi connectivity index (χ1v) is 9.34. The third-order valence-corrected chi connectivity index (χ3v) is 4.45. The van der Waals surface area contributed by atoms with Gasteiger partial charge in [-0.05, 0) is 42.2 Å². The third-order valence-electron chi connectivity index (χ3n) is 4.45. The topological polar surface area (TPSA) is 84.0 Å². The first-order chi connectivity index (χ1) is 13.7. The zero-order chi connectivity index (χ0) is 21.0. The second-order valence-electron chi connectivity index (χ2n) is 7.84. The van der Waals surface area contributed by atoms with Crippen LogP contribution in [0.15, 0.2) is 60.9 Å². The van der Waals surface area contributed by atoms with E-state index in [0.717, 1.165) is 5.69 Å². The van der Waals surface area contributed by atoms with Gasteiger partial charge in [0.25, 0.3) is 5.91 Å². The van der Waals surface area contributed by atoms with E-state index in [9.17, 15) is 9.59 Å². The fourth-order valence-corrected chi connectivity index (χ4v) is 2.71. The van der Waals surface area contributed by atoms with Crippen LogP contribution in [-0.4, -0.2) is 21.7 Å². The van der Waals surface area contributed by atoms with Gasteiger partial charge in [0.1, 0.15) is 0 Å². The molecule has 0 bridgehead atoms. The zero-order valence-electron chi connectivity index (χ0n) is 17.0. The molecule has 1 aromatic heterocycles. The van der Waals surface area contributed by atoms with E-state index in [0.29, 0.717) is 22.8 Å². The van der Waals surface area contributed by atoms with Crippen molar-refractivity contribution in [1.82, 2.24) is 9.97 Å². The van der Waals surface area contributed by atoms with Gasteiger partial charge in [-0.3, -0.25) is 9.59 Å². The predicted octanol–water partition coefficient (Wildman–Crippen LogP) is 4.97. The summed E-state index contributed by atoms with van der Waals surface area (Å²) in [5, 5.41) is 5.88. The Morgan fingerprint density at radius 3 is 2.10 bits per heavy atom. The summed E-state index contributed by atoms with van der Waals surface area (Å²) in [4.78, 5) is 32.3. The molecule has 2 N–H and O–H groups in total. The van der Waals surface area contributed by atoms with E-state index in [1.807, 2.05) is 12.1 Å². The Kier molecular flexibility index (Phi) is 5.73. The minimum Gasteiger partial charge on any atom is -0.324 e. The SMILES string of the molecule is CC(=O)c1cccc(NC(=O)c2cnc(Nc3ccc(C(C)(C)C)cc3)nc2)c1. The van der Waals surface area contributed by atoms with E-state index < -0.39 is 0 Å². The monoisotopic (exact) mass is 388 g/mol. The second kappa shape index (κ2) is 8.22. The number of aromatic nitrogens is 2. The number of hydrogen-bond donors (Lipinski definition) is 2. The van der Waals surface area contributed by atoms with Gasteiger partial charge < -0.3 is 10.6 Å². The number of benzene rings is 2. The van der Waals surface area contributed by atoms with Crippen molar-refractivity contribution >= 4 is 29.0 Å². The lowest BCUT2D eigenvalue weighted by Crippen LogP contribution is -2.13. The number of carbonyl (C=O) groups is 2. The molecule has 3 aromatic rings. The molecule has 1 heterocycles. The number of rotatable bonds is 5. The molecule has 29 heavy (non-hydrogen) atoms. The van der Waals surface area contributed by atoms with Gasteiger partial charge in [-0.25, -0.2) is 9.97 Å². The summed E-state index contributed by atoms with van der Waals surface area (Å²) < 4.78 is 0. The molecule has 3 rings (SSSR count). The number of ketones is 1. The second-order valence-corrected chi connectivity index (χ2v) is 7.84. The molecule has 6 nitrogen and oxygen atoms in total. The third kappa shape index (κ3) is 5.25. The van der Waals surface area contributed by atoms with Crippen LogP contribution in [0.3, 0.4) is 0 Å². The predicted molar refractivity (Wildman–Crippen MR) is 115 cm³/mol. The van der Waals surface area contributed by atoms with Gasteiger partial charge in [-0.15, -0.1) is 0 Å². The van der Waals surface area contributed by atoms with Crippen molar-refractivity contribution in [1.29, 1.82) is 0 Å². The van der Waals surface area contributed by atoms with Crippen molar-refractivity contribution in [2.75, 3.05) is 10.6 Å². The summed E-state index contributed by atoms with van der Waals surface area (Å²) in [6, 6.07) is 14.9. The Labute approximate surface area is 170 Å². The van der Waals surface area contributed by atoms with Gasteiger partial charge >= 0.3 is 0 Å². The molecule has 0 saturated carbocycles. The standard InChI is InChI=1S/C23H24N4O2/c1-15(28)16-6-5-7-20(12-16)26-21(29)17-13-24-22(25-14-17)27-19-10-8-18(9-11-19)23(2,3)4/h5-14H,1-4H3,(H,26,29)(H,24,25,27). The zero-order valence-corrected chi connectivity index (χ0v) is 17.0. The van der Waals surface area contributed by atoms with Gasteiger partial charge in [0.15, 0.2) is 5.78 Å². The van der Waals surface area contributed by atoms with Crippen molar-refractivity contribution in [2.45, 2.75) is 33.1 Å². The largest absolute Gasteiger partial charge is 0.324 e. The first-order valence-electron chi connectivity index (χ1n) is 9.34. The lowest BCUT2D eigenvalue weighted by molar-refractivity contribution is 0.101. The Morgan fingerprint density at radius 1 is 0.862 bits per heavy atom. The minimum absolute atomic E-state index is 0.0598. The number of Topliss-reactive ketones (excluding diaryl/α,β-unsaturated/α-hetero) is 1.